The minimum Gasteiger partial charge on any atom is -0.477 e. The maximum Gasteiger partial charge on any atom is 0.352 e. The summed E-state index contributed by atoms with van der Waals surface area (Å²) in [6.45, 7) is 3.68. The number of carbonyl (C=O) groups is 2. The summed E-state index contributed by atoms with van der Waals surface area (Å²) in [7, 11) is 0. The minimum atomic E-state index is -1.10. The fraction of sp³-hybridized carbons (Fsp3) is 0.636. The summed E-state index contributed by atoms with van der Waals surface area (Å²) in [4.78, 5) is 21.8. The van der Waals surface area contributed by atoms with E-state index in [1.54, 1.807) is 6.92 Å². The number of rotatable bonds is 7. The van der Waals surface area contributed by atoms with Crippen LogP contribution in [0.25, 0.3) is 0 Å². The van der Waals surface area contributed by atoms with Gasteiger partial charge in [-0.3, -0.25) is 4.79 Å². The van der Waals surface area contributed by atoms with E-state index in [1.165, 1.54) is 6.08 Å². The monoisotopic (exact) mass is 213 g/mol. The fourth-order valence-corrected chi connectivity index (χ4v) is 1.17. The van der Waals surface area contributed by atoms with E-state index in [-0.39, 0.29) is 11.6 Å². The van der Waals surface area contributed by atoms with Crippen LogP contribution in [0.1, 0.15) is 46.0 Å². The van der Waals surface area contributed by atoms with Crippen LogP contribution < -0.4 is 5.32 Å². The van der Waals surface area contributed by atoms with Crippen molar-refractivity contribution in [2.45, 2.75) is 46.0 Å². The SMILES string of the molecule is C/C=C(\NC(=O)CCCCCC)C(=O)O. The van der Waals surface area contributed by atoms with E-state index in [1.807, 2.05) is 0 Å². The molecule has 86 valence electrons. The van der Waals surface area contributed by atoms with Gasteiger partial charge in [0.1, 0.15) is 5.70 Å². The Hall–Kier alpha value is -1.32. The maximum absolute atomic E-state index is 11.3. The number of allylic oxidation sites excluding steroid dienone is 1. The number of carboxylic acid groups (broad SMARTS) is 1. The number of carboxylic acids is 1. The fourth-order valence-electron chi connectivity index (χ4n) is 1.17. The van der Waals surface area contributed by atoms with E-state index in [4.69, 9.17) is 5.11 Å². The Morgan fingerprint density at radius 3 is 2.40 bits per heavy atom. The normalized spacial score (nSPS) is 11.2. The summed E-state index contributed by atoms with van der Waals surface area (Å²) in [5.41, 5.74) is -0.0458. The molecule has 0 bridgehead atoms. The summed E-state index contributed by atoms with van der Waals surface area (Å²) in [6.07, 6.45) is 5.84. The summed E-state index contributed by atoms with van der Waals surface area (Å²) in [5.74, 6) is -1.32. The minimum absolute atomic E-state index is 0.0458. The third-order valence-electron chi connectivity index (χ3n) is 2.05. The number of aliphatic carboxylic acids is 1. The number of amides is 1. The van der Waals surface area contributed by atoms with Crippen molar-refractivity contribution >= 4 is 11.9 Å². The second-order valence-electron chi connectivity index (χ2n) is 3.37. The van der Waals surface area contributed by atoms with Crippen molar-refractivity contribution in [3.63, 3.8) is 0 Å². The molecule has 1 amide bonds. The number of hydrogen-bond donors (Lipinski definition) is 2. The molecule has 0 radical (unpaired) electrons. The summed E-state index contributed by atoms with van der Waals surface area (Å²) >= 11 is 0. The van der Waals surface area contributed by atoms with Crippen molar-refractivity contribution in [2.24, 2.45) is 0 Å². The van der Waals surface area contributed by atoms with Gasteiger partial charge in [-0.05, 0) is 13.3 Å². The highest BCUT2D eigenvalue weighted by Crippen LogP contribution is 2.02. The number of carbonyl (C=O) groups excluding carboxylic acids is 1. The molecule has 0 aliphatic rings. The van der Waals surface area contributed by atoms with Crippen molar-refractivity contribution in [3.05, 3.63) is 11.8 Å². The molecule has 0 heterocycles. The lowest BCUT2D eigenvalue weighted by molar-refractivity contribution is -0.134. The maximum atomic E-state index is 11.3. The molecule has 0 spiro atoms. The van der Waals surface area contributed by atoms with Crippen LogP contribution in [-0.2, 0) is 9.59 Å². The quantitative estimate of drug-likeness (QED) is 0.502. The van der Waals surface area contributed by atoms with Crippen molar-refractivity contribution in [2.75, 3.05) is 0 Å². The molecule has 2 N–H and O–H groups in total. The van der Waals surface area contributed by atoms with E-state index < -0.39 is 5.97 Å². The Morgan fingerprint density at radius 1 is 1.27 bits per heavy atom. The molecular formula is C11H19NO3. The molecule has 0 fully saturated rings. The van der Waals surface area contributed by atoms with Crippen LogP contribution >= 0.6 is 0 Å². The first-order valence-electron chi connectivity index (χ1n) is 5.31. The number of nitrogens with one attached hydrogen (secondary N) is 1. The van der Waals surface area contributed by atoms with Gasteiger partial charge < -0.3 is 10.4 Å². The Kier molecular flexibility index (Phi) is 7.32. The number of unbranched alkanes of at least 4 members (excludes halogenated alkanes) is 3. The first kappa shape index (κ1) is 13.7. The summed E-state index contributed by atoms with van der Waals surface area (Å²) < 4.78 is 0. The lowest BCUT2D eigenvalue weighted by Gasteiger charge is -2.04. The van der Waals surface area contributed by atoms with Gasteiger partial charge in [-0.15, -0.1) is 0 Å². The third kappa shape index (κ3) is 6.71. The molecule has 0 saturated carbocycles. The standard InChI is InChI=1S/C11H19NO3/c1-3-5-6-7-8-10(13)12-9(4-2)11(14)15/h4H,3,5-8H2,1-2H3,(H,12,13)(H,14,15)/b9-4-. The van der Waals surface area contributed by atoms with E-state index >= 15 is 0 Å². The molecule has 15 heavy (non-hydrogen) atoms. The molecule has 0 rings (SSSR count). The predicted molar refractivity (Wildman–Crippen MR) is 58.3 cm³/mol. The summed E-state index contributed by atoms with van der Waals surface area (Å²) in [5, 5.41) is 11.0. The van der Waals surface area contributed by atoms with Crippen LogP contribution in [0.5, 0.6) is 0 Å². The molecule has 0 aromatic carbocycles. The molecule has 0 aromatic heterocycles. The van der Waals surface area contributed by atoms with Gasteiger partial charge in [0.2, 0.25) is 5.91 Å². The van der Waals surface area contributed by atoms with Gasteiger partial charge in [-0.1, -0.05) is 32.3 Å². The molecule has 0 aromatic rings. The van der Waals surface area contributed by atoms with Crippen LogP contribution in [0.2, 0.25) is 0 Å². The largest absolute Gasteiger partial charge is 0.477 e. The van der Waals surface area contributed by atoms with Crippen LogP contribution in [-0.4, -0.2) is 17.0 Å². The zero-order valence-electron chi connectivity index (χ0n) is 9.38. The zero-order chi connectivity index (χ0) is 11.7. The Morgan fingerprint density at radius 2 is 1.93 bits per heavy atom. The Bertz CT molecular complexity index is 246. The molecule has 0 aliphatic heterocycles. The van der Waals surface area contributed by atoms with Gasteiger partial charge >= 0.3 is 5.97 Å². The Labute approximate surface area is 90.4 Å². The van der Waals surface area contributed by atoms with Crippen LogP contribution in [0.15, 0.2) is 11.8 Å². The predicted octanol–water partition coefficient (Wildman–Crippen LogP) is 2.06. The zero-order valence-corrected chi connectivity index (χ0v) is 9.38. The number of hydrogen-bond acceptors (Lipinski definition) is 2. The van der Waals surface area contributed by atoms with Crippen LogP contribution in [0.4, 0.5) is 0 Å². The van der Waals surface area contributed by atoms with Crippen LogP contribution in [0, 0.1) is 0 Å². The van der Waals surface area contributed by atoms with Crippen molar-refractivity contribution in [3.8, 4) is 0 Å². The summed E-state index contributed by atoms with van der Waals surface area (Å²) in [6, 6.07) is 0. The topological polar surface area (TPSA) is 66.4 Å². The molecule has 0 saturated heterocycles. The second kappa shape index (κ2) is 8.03. The van der Waals surface area contributed by atoms with E-state index in [2.05, 4.69) is 12.2 Å². The molecule has 0 unspecified atom stereocenters. The molecule has 0 aliphatic carbocycles. The Balaban J connectivity index is 3.78. The van der Waals surface area contributed by atoms with E-state index in [0.29, 0.717) is 6.42 Å². The lowest BCUT2D eigenvalue weighted by Crippen LogP contribution is -2.26. The smallest absolute Gasteiger partial charge is 0.352 e. The molecular weight excluding hydrogens is 194 g/mol. The first-order valence-corrected chi connectivity index (χ1v) is 5.31. The highest BCUT2D eigenvalue weighted by Gasteiger charge is 2.09. The van der Waals surface area contributed by atoms with E-state index in [0.717, 1.165) is 25.7 Å². The van der Waals surface area contributed by atoms with Crippen molar-refractivity contribution in [1.82, 2.24) is 5.32 Å². The molecule has 0 atom stereocenters. The van der Waals surface area contributed by atoms with Gasteiger partial charge in [-0.25, -0.2) is 4.79 Å². The van der Waals surface area contributed by atoms with Gasteiger partial charge in [0.05, 0.1) is 0 Å². The first-order chi connectivity index (χ1) is 7.11. The molecule has 4 nitrogen and oxygen atoms in total. The lowest BCUT2D eigenvalue weighted by atomic mass is 10.1. The highest BCUT2D eigenvalue weighted by atomic mass is 16.4. The molecule has 4 heteroatoms. The second-order valence-corrected chi connectivity index (χ2v) is 3.37. The highest BCUT2D eigenvalue weighted by molar-refractivity contribution is 5.92. The van der Waals surface area contributed by atoms with Crippen molar-refractivity contribution in [1.29, 1.82) is 0 Å². The van der Waals surface area contributed by atoms with Crippen LogP contribution in [0.3, 0.4) is 0 Å². The van der Waals surface area contributed by atoms with Gasteiger partial charge in [0.15, 0.2) is 0 Å². The van der Waals surface area contributed by atoms with Gasteiger partial charge in [-0.2, -0.15) is 0 Å². The average molecular weight is 213 g/mol. The van der Waals surface area contributed by atoms with Gasteiger partial charge in [0.25, 0.3) is 0 Å². The van der Waals surface area contributed by atoms with Crippen molar-refractivity contribution < 1.29 is 14.7 Å². The third-order valence-corrected chi connectivity index (χ3v) is 2.05. The van der Waals surface area contributed by atoms with Gasteiger partial charge in [0, 0.05) is 6.42 Å². The van der Waals surface area contributed by atoms with E-state index in [9.17, 15) is 9.59 Å². The average Bonchev–Trinajstić information content (AvgIpc) is 2.20.